The van der Waals surface area contributed by atoms with Gasteiger partial charge in [-0.15, -0.1) is 0 Å². The summed E-state index contributed by atoms with van der Waals surface area (Å²) in [6.45, 7) is 0.726. The van der Waals surface area contributed by atoms with Crippen LogP contribution in [0.4, 0.5) is 0 Å². The molecule has 1 N–H and O–H groups in total. The predicted octanol–water partition coefficient (Wildman–Crippen LogP) is 5.04. The van der Waals surface area contributed by atoms with Crippen LogP contribution in [-0.2, 0) is 0 Å². The third kappa shape index (κ3) is 3.43. The number of aliphatic hydroxyl groups excluding tert-OH is 1. The van der Waals surface area contributed by atoms with Crippen molar-refractivity contribution >= 4 is 38.5 Å². The summed E-state index contributed by atoms with van der Waals surface area (Å²) in [5.74, 6) is 1.31. The normalized spacial score (nSPS) is 18.7. The molecule has 0 amide bonds. The summed E-state index contributed by atoms with van der Waals surface area (Å²) in [6, 6.07) is 14.2. The molecule has 2 aromatic carbocycles. The van der Waals surface area contributed by atoms with Crippen molar-refractivity contribution in [3.8, 4) is 5.75 Å². The second-order valence-electron chi connectivity index (χ2n) is 5.29. The molecule has 2 aromatic rings. The van der Waals surface area contributed by atoms with Crippen molar-refractivity contribution in [3.63, 3.8) is 0 Å². The van der Waals surface area contributed by atoms with E-state index < -0.39 is 6.10 Å². The van der Waals surface area contributed by atoms with Gasteiger partial charge in [0.05, 0.1) is 12.7 Å². The molecule has 0 fully saturated rings. The molecule has 1 heterocycles. The average Bonchev–Trinajstić information content (AvgIpc) is 2.50. The van der Waals surface area contributed by atoms with Crippen LogP contribution < -0.4 is 4.74 Å². The fourth-order valence-electron chi connectivity index (χ4n) is 2.83. The Hall–Kier alpha value is -0.590. The van der Waals surface area contributed by atoms with Crippen LogP contribution >= 0.6 is 38.5 Å². The van der Waals surface area contributed by atoms with Crippen molar-refractivity contribution in [1.82, 2.24) is 0 Å². The van der Waals surface area contributed by atoms with E-state index >= 15 is 0 Å². The molecule has 2 atom stereocenters. The first kappa shape index (κ1) is 15.3. The van der Waals surface area contributed by atoms with E-state index in [2.05, 4.69) is 44.6 Å². The number of hydrogen-bond donors (Lipinski definition) is 1. The Bertz CT molecular complexity index is 644. The van der Waals surface area contributed by atoms with E-state index in [1.807, 2.05) is 36.4 Å². The third-order valence-corrected chi connectivity index (χ3v) is 5.38. The van der Waals surface area contributed by atoms with Gasteiger partial charge in [-0.05, 0) is 76.7 Å². The van der Waals surface area contributed by atoms with E-state index in [0.717, 1.165) is 38.8 Å². The summed E-state index contributed by atoms with van der Waals surface area (Å²) in [6.07, 6.45) is 1.23. The largest absolute Gasteiger partial charge is 0.493 e. The molecule has 4 heteroatoms. The van der Waals surface area contributed by atoms with Gasteiger partial charge in [-0.1, -0.05) is 34.1 Å². The minimum Gasteiger partial charge on any atom is -0.493 e. The fourth-order valence-corrected chi connectivity index (χ4v) is 3.90. The fraction of sp³-hybridized carbons (Fsp3) is 0.294. The quantitative estimate of drug-likeness (QED) is 0.652. The standard InChI is InChI=1S/C17H16BrIO2/c18-12-5-6-15(19)14(10-12)16(20)9-11-7-8-21-17-4-2-1-3-13(11)17/h1-6,10-11,16,20H,7-9H2. The molecule has 3 rings (SSSR count). The van der Waals surface area contributed by atoms with E-state index in [-0.39, 0.29) is 0 Å². The number of benzene rings is 2. The van der Waals surface area contributed by atoms with Gasteiger partial charge in [0.25, 0.3) is 0 Å². The smallest absolute Gasteiger partial charge is 0.122 e. The lowest BCUT2D eigenvalue weighted by atomic mass is 9.86. The molecule has 0 aromatic heterocycles. The molecule has 2 nitrogen and oxygen atoms in total. The summed E-state index contributed by atoms with van der Waals surface area (Å²) in [5.41, 5.74) is 2.21. The number of halogens is 2. The topological polar surface area (TPSA) is 29.5 Å². The summed E-state index contributed by atoms with van der Waals surface area (Å²) in [4.78, 5) is 0. The Morgan fingerprint density at radius 1 is 1.29 bits per heavy atom. The molecule has 1 aliphatic heterocycles. The van der Waals surface area contributed by atoms with Gasteiger partial charge in [0, 0.05) is 8.04 Å². The van der Waals surface area contributed by atoms with Crippen LogP contribution in [0.25, 0.3) is 0 Å². The van der Waals surface area contributed by atoms with E-state index in [1.165, 1.54) is 5.56 Å². The first-order chi connectivity index (χ1) is 10.1. The molecule has 1 aliphatic rings. The van der Waals surface area contributed by atoms with Gasteiger partial charge < -0.3 is 9.84 Å². The van der Waals surface area contributed by atoms with Crippen molar-refractivity contribution in [2.75, 3.05) is 6.61 Å². The molecule has 0 bridgehead atoms. The van der Waals surface area contributed by atoms with Gasteiger partial charge >= 0.3 is 0 Å². The van der Waals surface area contributed by atoms with Gasteiger partial charge in [0.15, 0.2) is 0 Å². The monoisotopic (exact) mass is 458 g/mol. The van der Waals surface area contributed by atoms with Crippen LogP contribution in [-0.4, -0.2) is 11.7 Å². The Labute approximate surface area is 146 Å². The number of rotatable bonds is 3. The van der Waals surface area contributed by atoms with Crippen molar-refractivity contribution in [2.24, 2.45) is 0 Å². The summed E-state index contributed by atoms with van der Waals surface area (Å²) in [5, 5.41) is 10.6. The van der Waals surface area contributed by atoms with E-state index in [4.69, 9.17) is 4.74 Å². The first-order valence-corrected chi connectivity index (χ1v) is 8.87. The van der Waals surface area contributed by atoms with Crippen molar-refractivity contribution < 1.29 is 9.84 Å². The molecular formula is C17H16BrIO2. The molecule has 2 unspecified atom stereocenters. The Balaban J connectivity index is 1.82. The summed E-state index contributed by atoms with van der Waals surface area (Å²) >= 11 is 5.76. The molecule has 0 radical (unpaired) electrons. The highest BCUT2D eigenvalue weighted by atomic mass is 127. The molecule has 21 heavy (non-hydrogen) atoms. The number of ether oxygens (including phenoxy) is 1. The van der Waals surface area contributed by atoms with E-state index in [9.17, 15) is 5.11 Å². The van der Waals surface area contributed by atoms with Crippen LogP contribution in [0.15, 0.2) is 46.9 Å². The molecule has 0 spiro atoms. The van der Waals surface area contributed by atoms with Gasteiger partial charge in [-0.25, -0.2) is 0 Å². The highest BCUT2D eigenvalue weighted by Crippen LogP contribution is 2.39. The van der Waals surface area contributed by atoms with Crippen LogP contribution in [0.1, 0.15) is 36.0 Å². The highest BCUT2D eigenvalue weighted by molar-refractivity contribution is 14.1. The maximum atomic E-state index is 10.6. The average molecular weight is 459 g/mol. The molecule has 110 valence electrons. The minimum atomic E-state index is -0.453. The second kappa shape index (κ2) is 6.67. The molecular weight excluding hydrogens is 443 g/mol. The minimum absolute atomic E-state index is 0.347. The number of fused-ring (bicyclic) bond motifs is 1. The lowest BCUT2D eigenvalue weighted by Crippen LogP contribution is -2.16. The van der Waals surface area contributed by atoms with Crippen LogP contribution in [0.2, 0.25) is 0 Å². The van der Waals surface area contributed by atoms with E-state index in [1.54, 1.807) is 0 Å². The molecule has 0 aliphatic carbocycles. The zero-order valence-corrected chi connectivity index (χ0v) is 15.2. The van der Waals surface area contributed by atoms with Crippen LogP contribution in [0, 0.1) is 3.57 Å². The van der Waals surface area contributed by atoms with Gasteiger partial charge in [0.2, 0.25) is 0 Å². The van der Waals surface area contributed by atoms with Crippen molar-refractivity contribution in [1.29, 1.82) is 0 Å². The van der Waals surface area contributed by atoms with Gasteiger partial charge in [-0.3, -0.25) is 0 Å². The van der Waals surface area contributed by atoms with E-state index in [0.29, 0.717) is 5.92 Å². The Morgan fingerprint density at radius 3 is 2.95 bits per heavy atom. The zero-order chi connectivity index (χ0) is 14.8. The van der Waals surface area contributed by atoms with Crippen molar-refractivity contribution in [3.05, 3.63) is 61.6 Å². The van der Waals surface area contributed by atoms with Crippen LogP contribution in [0.5, 0.6) is 5.75 Å². The second-order valence-corrected chi connectivity index (χ2v) is 7.37. The lowest BCUT2D eigenvalue weighted by Gasteiger charge is -2.28. The summed E-state index contributed by atoms with van der Waals surface area (Å²) in [7, 11) is 0. The predicted molar refractivity (Wildman–Crippen MR) is 95.7 cm³/mol. The molecule has 0 saturated heterocycles. The first-order valence-electron chi connectivity index (χ1n) is 7.00. The lowest BCUT2D eigenvalue weighted by molar-refractivity contribution is 0.144. The number of para-hydroxylation sites is 1. The van der Waals surface area contributed by atoms with Gasteiger partial charge in [-0.2, -0.15) is 0 Å². The Morgan fingerprint density at radius 2 is 2.10 bits per heavy atom. The SMILES string of the molecule is OC(CC1CCOc2ccccc21)c1cc(Br)ccc1I. The zero-order valence-electron chi connectivity index (χ0n) is 11.4. The third-order valence-electron chi connectivity index (χ3n) is 3.91. The van der Waals surface area contributed by atoms with Gasteiger partial charge in [0.1, 0.15) is 5.75 Å². The van der Waals surface area contributed by atoms with Crippen LogP contribution in [0.3, 0.4) is 0 Å². The Kier molecular flexibility index (Phi) is 4.86. The maximum Gasteiger partial charge on any atom is 0.122 e. The molecule has 0 saturated carbocycles. The maximum absolute atomic E-state index is 10.6. The van der Waals surface area contributed by atoms with Crippen molar-refractivity contribution in [2.45, 2.75) is 24.9 Å². The number of hydrogen-bond acceptors (Lipinski definition) is 2. The summed E-state index contributed by atoms with van der Waals surface area (Å²) < 4.78 is 7.80. The highest BCUT2D eigenvalue weighted by Gasteiger charge is 2.25. The number of aliphatic hydroxyl groups is 1.